The van der Waals surface area contributed by atoms with E-state index in [4.69, 9.17) is 0 Å². The lowest BCUT2D eigenvalue weighted by Crippen LogP contribution is -2.17. The van der Waals surface area contributed by atoms with E-state index >= 15 is 0 Å². The predicted octanol–water partition coefficient (Wildman–Crippen LogP) is 3.71. The van der Waals surface area contributed by atoms with E-state index in [2.05, 4.69) is 27.4 Å². The standard InChI is InChI=1S/C17H20N4O2S2/c1-4-9-18-16-20-21-17(25-16)24-10-14(22)12-5-7-13(8-6-12)19-15(23)11(2)3/h4-8,11H,1,9-10H2,2-3H3,(H,18,20)(H,19,23). The van der Waals surface area contributed by atoms with Crippen molar-refractivity contribution in [3.05, 3.63) is 42.5 Å². The third-order valence-electron chi connectivity index (χ3n) is 3.13. The number of carbonyl (C=O) groups excluding carboxylic acids is 2. The number of anilines is 2. The summed E-state index contributed by atoms with van der Waals surface area (Å²) in [6.45, 7) is 7.91. The molecule has 0 radical (unpaired) electrons. The van der Waals surface area contributed by atoms with Gasteiger partial charge in [0.15, 0.2) is 10.1 Å². The van der Waals surface area contributed by atoms with Gasteiger partial charge >= 0.3 is 0 Å². The van der Waals surface area contributed by atoms with Crippen LogP contribution in [0.1, 0.15) is 24.2 Å². The van der Waals surface area contributed by atoms with Gasteiger partial charge in [0.1, 0.15) is 0 Å². The summed E-state index contributed by atoms with van der Waals surface area (Å²) in [5, 5.41) is 14.6. The molecule has 2 aromatic rings. The minimum absolute atomic E-state index is 0.00235. The number of benzene rings is 1. The lowest BCUT2D eigenvalue weighted by Gasteiger charge is -2.08. The van der Waals surface area contributed by atoms with Crippen molar-refractivity contribution < 1.29 is 9.59 Å². The summed E-state index contributed by atoms with van der Waals surface area (Å²) in [6.07, 6.45) is 1.74. The Morgan fingerprint density at radius 1 is 1.28 bits per heavy atom. The number of rotatable bonds is 9. The van der Waals surface area contributed by atoms with Crippen LogP contribution >= 0.6 is 23.1 Å². The van der Waals surface area contributed by atoms with Crippen molar-refractivity contribution in [1.82, 2.24) is 10.2 Å². The third-order valence-corrected chi connectivity index (χ3v) is 5.14. The first kappa shape index (κ1) is 19.1. The van der Waals surface area contributed by atoms with Crippen molar-refractivity contribution in [2.75, 3.05) is 22.9 Å². The molecule has 1 aromatic carbocycles. The Balaban J connectivity index is 1.87. The van der Waals surface area contributed by atoms with Crippen LogP contribution in [0, 0.1) is 5.92 Å². The lowest BCUT2D eigenvalue weighted by molar-refractivity contribution is -0.118. The number of carbonyl (C=O) groups is 2. The molecule has 0 atom stereocenters. The normalized spacial score (nSPS) is 10.5. The largest absolute Gasteiger partial charge is 0.357 e. The molecule has 0 unspecified atom stereocenters. The maximum absolute atomic E-state index is 12.3. The quantitative estimate of drug-likeness (QED) is 0.394. The average Bonchev–Trinajstić information content (AvgIpc) is 3.06. The molecule has 25 heavy (non-hydrogen) atoms. The van der Waals surface area contributed by atoms with Gasteiger partial charge in [-0.3, -0.25) is 9.59 Å². The number of ketones is 1. The molecule has 2 N–H and O–H groups in total. The minimum Gasteiger partial charge on any atom is -0.357 e. The second-order valence-electron chi connectivity index (χ2n) is 5.48. The number of nitrogens with zero attached hydrogens (tertiary/aromatic N) is 2. The Kier molecular flexibility index (Phi) is 7.15. The Labute approximate surface area is 155 Å². The molecule has 0 saturated carbocycles. The van der Waals surface area contributed by atoms with Crippen molar-refractivity contribution in [2.45, 2.75) is 18.2 Å². The van der Waals surface area contributed by atoms with Gasteiger partial charge in [0.25, 0.3) is 0 Å². The van der Waals surface area contributed by atoms with Gasteiger partial charge in [0.2, 0.25) is 11.0 Å². The first-order valence-electron chi connectivity index (χ1n) is 7.74. The van der Waals surface area contributed by atoms with E-state index in [0.29, 0.717) is 22.9 Å². The van der Waals surface area contributed by atoms with Gasteiger partial charge in [-0.2, -0.15) is 0 Å². The van der Waals surface area contributed by atoms with E-state index in [1.165, 1.54) is 23.1 Å². The van der Waals surface area contributed by atoms with Gasteiger partial charge in [0, 0.05) is 23.7 Å². The molecule has 1 amide bonds. The second-order valence-corrected chi connectivity index (χ2v) is 7.68. The summed E-state index contributed by atoms with van der Waals surface area (Å²) < 4.78 is 0.737. The molecule has 1 heterocycles. The van der Waals surface area contributed by atoms with Crippen LogP contribution < -0.4 is 10.6 Å². The zero-order valence-corrected chi connectivity index (χ0v) is 15.7. The molecular weight excluding hydrogens is 356 g/mol. The summed E-state index contributed by atoms with van der Waals surface area (Å²) in [5.74, 6) is 0.151. The number of amides is 1. The monoisotopic (exact) mass is 376 g/mol. The Hall–Kier alpha value is -2.19. The van der Waals surface area contributed by atoms with Crippen LogP contribution in [0.15, 0.2) is 41.3 Å². The Bertz CT molecular complexity index is 741. The van der Waals surface area contributed by atoms with Crippen molar-refractivity contribution >= 4 is 45.6 Å². The van der Waals surface area contributed by atoms with Gasteiger partial charge < -0.3 is 10.6 Å². The van der Waals surface area contributed by atoms with Gasteiger partial charge in [-0.1, -0.05) is 43.0 Å². The summed E-state index contributed by atoms with van der Waals surface area (Å²) in [4.78, 5) is 23.9. The Morgan fingerprint density at radius 2 is 2.00 bits per heavy atom. The molecule has 0 aliphatic rings. The van der Waals surface area contributed by atoms with E-state index in [-0.39, 0.29) is 23.4 Å². The molecule has 0 fully saturated rings. The molecular formula is C17H20N4O2S2. The molecule has 132 valence electrons. The number of Topliss-reactive ketones (excluding diaryl/α,β-unsaturated/α-hetero) is 1. The summed E-state index contributed by atoms with van der Waals surface area (Å²) in [6, 6.07) is 6.91. The molecule has 6 nitrogen and oxygen atoms in total. The molecule has 1 aromatic heterocycles. The van der Waals surface area contributed by atoms with Gasteiger partial charge in [-0.25, -0.2) is 0 Å². The van der Waals surface area contributed by atoms with Crippen LogP contribution in [0.25, 0.3) is 0 Å². The lowest BCUT2D eigenvalue weighted by atomic mass is 10.1. The van der Waals surface area contributed by atoms with Crippen molar-refractivity contribution in [3.8, 4) is 0 Å². The molecule has 0 spiro atoms. The maximum atomic E-state index is 12.3. The fourth-order valence-corrected chi connectivity index (χ4v) is 3.39. The molecule has 0 aliphatic heterocycles. The van der Waals surface area contributed by atoms with E-state index in [9.17, 15) is 9.59 Å². The second kappa shape index (κ2) is 9.33. The SMILES string of the molecule is C=CCNc1nnc(SCC(=O)c2ccc(NC(=O)C(C)C)cc2)s1. The predicted molar refractivity (Wildman–Crippen MR) is 104 cm³/mol. The first-order chi connectivity index (χ1) is 12.0. The van der Waals surface area contributed by atoms with Crippen LogP contribution in [0.5, 0.6) is 0 Å². The van der Waals surface area contributed by atoms with Crippen LogP contribution in [0.4, 0.5) is 10.8 Å². The number of hydrogen-bond acceptors (Lipinski definition) is 7. The van der Waals surface area contributed by atoms with Crippen molar-refractivity contribution in [2.24, 2.45) is 5.92 Å². The van der Waals surface area contributed by atoms with Crippen LogP contribution in [-0.4, -0.2) is 34.2 Å². The van der Waals surface area contributed by atoms with E-state index in [1.807, 2.05) is 13.8 Å². The van der Waals surface area contributed by atoms with Gasteiger partial charge in [-0.05, 0) is 24.3 Å². The number of nitrogens with one attached hydrogen (secondary N) is 2. The highest BCUT2D eigenvalue weighted by Gasteiger charge is 2.11. The third kappa shape index (κ3) is 5.99. The molecule has 2 rings (SSSR count). The number of thioether (sulfide) groups is 1. The molecule has 0 bridgehead atoms. The fraction of sp³-hybridized carbons (Fsp3) is 0.294. The van der Waals surface area contributed by atoms with Crippen molar-refractivity contribution in [3.63, 3.8) is 0 Å². The zero-order valence-electron chi connectivity index (χ0n) is 14.1. The highest BCUT2D eigenvalue weighted by Crippen LogP contribution is 2.26. The number of aromatic nitrogens is 2. The zero-order chi connectivity index (χ0) is 18.2. The van der Waals surface area contributed by atoms with E-state index in [0.717, 1.165) is 4.34 Å². The Morgan fingerprint density at radius 3 is 2.64 bits per heavy atom. The highest BCUT2D eigenvalue weighted by atomic mass is 32.2. The van der Waals surface area contributed by atoms with Gasteiger partial charge in [0.05, 0.1) is 5.75 Å². The molecule has 8 heteroatoms. The average molecular weight is 377 g/mol. The van der Waals surface area contributed by atoms with E-state index < -0.39 is 0 Å². The van der Waals surface area contributed by atoms with Crippen LogP contribution in [-0.2, 0) is 4.79 Å². The summed E-state index contributed by atoms with van der Waals surface area (Å²) in [5.41, 5.74) is 1.29. The van der Waals surface area contributed by atoms with Crippen molar-refractivity contribution in [1.29, 1.82) is 0 Å². The van der Waals surface area contributed by atoms with Gasteiger partial charge in [-0.15, -0.1) is 16.8 Å². The highest BCUT2D eigenvalue weighted by molar-refractivity contribution is 8.01. The summed E-state index contributed by atoms with van der Waals surface area (Å²) in [7, 11) is 0. The first-order valence-corrected chi connectivity index (χ1v) is 9.55. The fourth-order valence-electron chi connectivity index (χ4n) is 1.74. The maximum Gasteiger partial charge on any atom is 0.226 e. The molecule has 0 aliphatic carbocycles. The van der Waals surface area contributed by atoms with Crippen LogP contribution in [0.2, 0.25) is 0 Å². The summed E-state index contributed by atoms with van der Waals surface area (Å²) >= 11 is 2.76. The van der Waals surface area contributed by atoms with Crippen LogP contribution in [0.3, 0.4) is 0 Å². The minimum atomic E-state index is -0.0875. The number of hydrogen-bond donors (Lipinski definition) is 2. The smallest absolute Gasteiger partial charge is 0.226 e. The molecule has 0 saturated heterocycles. The topological polar surface area (TPSA) is 84.0 Å². The van der Waals surface area contributed by atoms with E-state index in [1.54, 1.807) is 30.3 Å².